The van der Waals surface area contributed by atoms with Crippen molar-refractivity contribution in [3.63, 3.8) is 0 Å². The van der Waals surface area contributed by atoms with Crippen molar-refractivity contribution in [1.82, 2.24) is 0 Å². The van der Waals surface area contributed by atoms with Crippen LogP contribution in [0.1, 0.15) is 54.4 Å². The zero-order valence-corrected chi connectivity index (χ0v) is 15.3. The normalized spacial score (nSPS) is 11.0. The molecule has 3 heteroatoms. The number of rotatable bonds is 12. The summed E-state index contributed by atoms with van der Waals surface area (Å²) < 4.78 is 5.75. The zero-order chi connectivity index (χ0) is 18.5. The lowest BCUT2D eigenvalue weighted by Crippen LogP contribution is -1.97. The molecule has 0 amide bonds. The van der Waals surface area contributed by atoms with E-state index in [-0.39, 0.29) is 5.78 Å². The van der Waals surface area contributed by atoms with Gasteiger partial charge in [0, 0.05) is 12.2 Å². The van der Waals surface area contributed by atoms with Crippen molar-refractivity contribution < 1.29 is 14.6 Å². The highest BCUT2D eigenvalue weighted by Gasteiger charge is 2.00. The van der Waals surface area contributed by atoms with Crippen LogP contribution < -0.4 is 4.74 Å². The maximum atomic E-state index is 12.0. The second kappa shape index (κ2) is 12.0. The van der Waals surface area contributed by atoms with Crippen LogP contribution in [0, 0.1) is 0 Å². The number of ether oxygens (including phenoxy) is 1. The number of hydrogen-bond acceptors (Lipinski definition) is 3. The molecule has 0 bridgehead atoms. The standard InChI is InChI=1S/C23H28O3/c24-18-8-3-1-2-4-9-19-26-22-15-12-20(13-16-22)14-17-23(25)21-10-6-5-7-11-21/h5-7,10-17,24H,1-4,8-9,18-19H2. The first-order valence-electron chi connectivity index (χ1n) is 9.41. The maximum absolute atomic E-state index is 12.0. The molecule has 2 aromatic rings. The van der Waals surface area contributed by atoms with E-state index in [1.807, 2.05) is 60.7 Å². The SMILES string of the molecule is O=C(C=Cc1ccc(OCCCCCCCCO)cc1)c1ccccc1. The molecule has 0 fully saturated rings. The molecule has 0 spiro atoms. The van der Waals surface area contributed by atoms with Crippen molar-refractivity contribution in [2.24, 2.45) is 0 Å². The molecule has 0 saturated heterocycles. The summed E-state index contributed by atoms with van der Waals surface area (Å²) in [5.41, 5.74) is 1.67. The summed E-state index contributed by atoms with van der Waals surface area (Å²) in [7, 11) is 0. The van der Waals surface area contributed by atoms with Gasteiger partial charge in [0.05, 0.1) is 6.61 Å². The Bertz CT molecular complexity index is 660. The summed E-state index contributed by atoms with van der Waals surface area (Å²) in [6.07, 6.45) is 10.0. The fourth-order valence-corrected chi connectivity index (χ4v) is 2.66. The minimum Gasteiger partial charge on any atom is -0.494 e. The Labute approximate surface area is 156 Å². The second-order valence-electron chi connectivity index (χ2n) is 6.33. The van der Waals surface area contributed by atoms with E-state index in [4.69, 9.17) is 9.84 Å². The molecule has 26 heavy (non-hydrogen) atoms. The number of carbonyl (C=O) groups is 1. The van der Waals surface area contributed by atoms with Gasteiger partial charge >= 0.3 is 0 Å². The van der Waals surface area contributed by atoms with Crippen LogP contribution in [0.2, 0.25) is 0 Å². The monoisotopic (exact) mass is 352 g/mol. The first-order chi connectivity index (χ1) is 12.8. The minimum atomic E-state index is 0.00455. The Balaban J connectivity index is 1.68. The summed E-state index contributed by atoms with van der Waals surface area (Å²) in [4.78, 5) is 12.0. The number of unbranched alkanes of at least 4 members (excludes halogenated alkanes) is 5. The van der Waals surface area contributed by atoms with Gasteiger partial charge in [-0.25, -0.2) is 0 Å². The van der Waals surface area contributed by atoms with Gasteiger partial charge in [-0.2, -0.15) is 0 Å². The Kier molecular flexibility index (Phi) is 9.23. The van der Waals surface area contributed by atoms with Crippen LogP contribution in [0.15, 0.2) is 60.7 Å². The Hall–Kier alpha value is -2.39. The molecular formula is C23H28O3. The molecule has 0 aliphatic carbocycles. The third-order valence-corrected chi connectivity index (χ3v) is 4.19. The molecule has 2 rings (SSSR count). The van der Waals surface area contributed by atoms with Gasteiger partial charge in [-0.3, -0.25) is 4.79 Å². The summed E-state index contributed by atoms with van der Waals surface area (Å²) >= 11 is 0. The van der Waals surface area contributed by atoms with E-state index in [1.54, 1.807) is 6.08 Å². The molecule has 2 aromatic carbocycles. The van der Waals surface area contributed by atoms with Crippen molar-refractivity contribution in [1.29, 1.82) is 0 Å². The zero-order valence-electron chi connectivity index (χ0n) is 15.3. The summed E-state index contributed by atoms with van der Waals surface area (Å²) in [5, 5.41) is 8.72. The molecule has 0 unspecified atom stereocenters. The van der Waals surface area contributed by atoms with E-state index in [2.05, 4.69) is 0 Å². The molecule has 1 N–H and O–H groups in total. The highest BCUT2D eigenvalue weighted by atomic mass is 16.5. The van der Waals surface area contributed by atoms with Crippen molar-refractivity contribution >= 4 is 11.9 Å². The number of allylic oxidation sites excluding steroid dienone is 1. The molecule has 3 nitrogen and oxygen atoms in total. The summed E-state index contributed by atoms with van der Waals surface area (Å²) in [5.74, 6) is 0.863. The van der Waals surface area contributed by atoms with Gasteiger partial charge in [0.1, 0.15) is 5.75 Å². The first kappa shape index (κ1) is 19.9. The van der Waals surface area contributed by atoms with Gasteiger partial charge < -0.3 is 9.84 Å². The van der Waals surface area contributed by atoms with Crippen LogP contribution in [0.25, 0.3) is 6.08 Å². The van der Waals surface area contributed by atoms with Crippen molar-refractivity contribution in [3.05, 3.63) is 71.8 Å². The minimum absolute atomic E-state index is 0.00455. The lowest BCUT2D eigenvalue weighted by Gasteiger charge is -2.06. The van der Waals surface area contributed by atoms with Gasteiger partial charge in [-0.1, -0.05) is 74.2 Å². The van der Waals surface area contributed by atoms with Crippen LogP contribution in [-0.2, 0) is 0 Å². The van der Waals surface area contributed by atoms with Crippen molar-refractivity contribution in [3.8, 4) is 5.75 Å². The number of aliphatic hydroxyl groups excluding tert-OH is 1. The topological polar surface area (TPSA) is 46.5 Å². The molecule has 0 radical (unpaired) electrons. The molecule has 0 atom stereocenters. The fourth-order valence-electron chi connectivity index (χ4n) is 2.66. The number of hydrogen-bond donors (Lipinski definition) is 1. The first-order valence-corrected chi connectivity index (χ1v) is 9.41. The Morgan fingerprint density at radius 3 is 2.19 bits per heavy atom. The molecule has 0 saturated carbocycles. The third kappa shape index (κ3) is 7.66. The van der Waals surface area contributed by atoms with Crippen LogP contribution in [-0.4, -0.2) is 24.1 Å². The highest BCUT2D eigenvalue weighted by molar-refractivity contribution is 6.06. The van der Waals surface area contributed by atoms with Gasteiger partial charge in [-0.05, 0) is 36.6 Å². The van der Waals surface area contributed by atoms with Gasteiger partial charge in [0.15, 0.2) is 5.78 Å². The van der Waals surface area contributed by atoms with E-state index in [0.29, 0.717) is 12.2 Å². The van der Waals surface area contributed by atoms with Crippen LogP contribution >= 0.6 is 0 Å². The third-order valence-electron chi connectivity index (χ3n) is 4.19. The van der Waals surface area contributed by atoms with Crippen LogP contribution in [0.5, 0.6) is 5.75 Å². The maximum Gasteiger partial charge on any atom is 0.185 e. The van der Waals surface area contributed by atoms with Crippen molar-refractivity contribution in [2.75, 3.05) is 13.2 Å². The fraction of sp³-hybridized carbons (Fsp3) is 0.348. The van der Waals surface area contributed by atoms with Gasteiger partial charge in [0.25, 0.3) is 0 Å². The molecule has 138 valence electrons. The van der Waals surface area contributed by atoms with Gasteiger partial charge in [-0.15, -0.1) is 0 Å². The average Bonchev–Trinajstić information content (AvgIpc) is 2.69. The molecular weight excluding hydrogens is 324 g/mol. The van der Waals surface area contributed by atoms with Crippen molar-refractivity contribution in [2.45, 2.75) is 38.5 Å². The Morgan fingerprint density at radius 1 is 0.846 bits per heavy atom. The smallest absolute Gasteiger partial charge is 0.185 e. The van der Waals surface area contributed by atoms with Gasteiger partial charge in [0.2, 0.25) is 0 Å². The lowest BCUT2D eigenvalue weighted by atomic mass is 10.1. The number of carbonyl (C=O) groups excluding carboxylic acids is 1. The van der Waals surface area contributed by atoms with Crippen LogP contribution in [0.4, 0.5) is 0 Å². The number of aliphatic hydroxyl groups is 1. The number of ketones is 1. The molecule has 0 aliphatic rings. The van der Waals surface area contributed by atoms with E-state index < -0.39 is 0 Å². The highest BCUT2D eigenvalue weighted by Crippen LogP contribution is 2.15. The van der Waals surface area contributed by atoms with E-state index >= 15 is 0 Å². The molecule has 0 aromatic heterocycles. The van der Waals surface area contributed by atoms with Crippen LogP contribution in [0.3, 0.4) is 0 Å². The van der Waals surface area contributed by atoms with E-state index in [1.165, 1.54) is 12.8 Å². The van der Waals surface area contributed by atoms with E-state index in [9.17, 15) is 4.79 Å². The predicted octanol–water partition coefficient (Wildman–Crippen LogP) is 5.29. The lowest BCUT2D eigenvalue weighted by molar-refractivity contribution is 0.104. The predicted molar refractivity (Wildman–Crippen MR) is 107 cm³/mol. The van der Waals surface area contributed by atoms with E-state index in [0.717, 1.165) is 43.6 Å². The second-order valence-corrected chi connectivity index (χ2v) is 6.33. The summed E-state index contributed by atoms with van der Waals surface area (Å²) in [6, 6.07) is 17.0. The molecule has 0 aliphatic heterocycles. The quantitative estimate of drug-likeness (QED) is 0.320. The summed E-state index contributed by atoms with van der Waals surface area (Å²) in [6.45, 7) is 1.02. The Morgan fingerprint density at radius 2 is 1.50 bits per heavy atom. The largest absolute Gasteiger partial charge is 0.494 e. The average molecular weight is 352 g/mol. The molecule has 0 heterocycles. The number of benzene rings is 2.